The molecule has 3 heteroatoms. The zero-order valence-corrected chi connectivity index (χ0v) is 9.37. The van der Waals surface area contributed by atoms with E-state index >= 15 is 0 Å². The van der Waals surface area contributed by atoms with Crippen molar-refractivity contribution < 1.29 is 13.2 Å². The van der Waals surface area contributed by atoms with E-state index in [-0.39, 0.29) is 0 Å². The van der Waals surface area contributed by atoms with Crippen molar-refractivity contribution in [3.8, 4) is 0 Å². The Balaban J connectivity index is 3.17. The highest BCUT2D eigenvalue weighted by Gasteiger charge is 2.37. The van der Waals surface area contributed by atoms with Crippen LogP contribution < -0.4 is 0 Å². The first-order valence-electron chi connectivity index (χ1n) is 4.88. The second-order valence-electron chi connectivity index (χ2n) is 4.04. The van der Waals surface area contributed by atoms with E-state index in [0.717, 1.165) is 16.7 Å². The first kappa shape index (κ1) is 12.1. The van der Waals surface area contributed by atoms with E-state index in [1.165, 1.54) is 6.92 Å². The van der Waals surface area contributed by atoms with Crippen LogP contribution in [0.15, 0.2) is 12.1 Å². The third kappa shape index (κ3) is 2.52. The van der Waals surface area contributed by atoms with Gasteiger partial charge >= 0.3 is 6.18 Å². The molecule has 0 aliphatic rings. The second kappa shape index (κ2) is 3.87. The summed E-state index contributed by atoms with van der Waals surface area (Å²) in [5, 5.41) is 0. The molecule has 0 radical (unpaired) electrons. The topological polar surface area (TPSA) is 0 Å². The molecule has 1 rings (SSSR count). The van der Waals surface area contributed by atoms with E-state index in [1.807, 2.05) is 20.8 Å². The molecule has 0 saturated carbocycles. The van der Waals surface area contributed by atoms with Crippen molar-refractivity contribution in [2.75, 3.05) is 0 Å². The lowest BCUT2D eigenvalue weighted by Gasteiger charge is -2.18. The summed E-state index contributed by atoms with van der Waals surface area (Å²) in [6.07, 6.45) is -4.16. The minimum absolute atomic E-state index is 0.350. The SMILES string of the molecule is Cc1cc(C(C)C(F)(F)F)cc(C)c1C. The minimum atomic E-state index is -4.16. The van der Waals surface area contributed by atoms with Crippen LogP contribution in [0.4, 0.5) is 13.2 Å². The molecule has 0 amide bonds. The van der Waals surface area contributed by atoms with E-state index in [2.05, 4.69) is 0 Å². The van der Waals surface area contributed by atoms with Crippen LogP contribution in [-0.4, -0.2) is 6.18 Å². The highest BCUT2D eigenvalue weighted by molar-refractivity contribution is 5.38. The molecule has 0 saturated heterocycles. The average molecular weight is 216 g/mol. The Labute approximate surface area is 88.1 Å². The van der Waals surface area contributed by atoms with Gasteiger partial charge in [0.25, 0.3) is 0 Å². The molecule has 84 valence electrons. The fraction of sp³-hybridized carbons (Fsp3) is 0.500. The molecule has 0 aliphatic heterocycles. The van der Waals surface area contributed by atoms with Gasteiger partial charge in [0.15, 0.2) is 0 Å². The van der Waals surface area contributed by atoms with Gasteiger partial charge in [-0.3, -0.25) is 0 Å². The molecule has 0 fully saturated rings. The lowest BCUT2D eigenvalue weighted by atomic mass is 9.93. The molecule has 0 heterocycles. The lowest BCUT2D eigenvalue weighted by Crippen LogP contribution is -2.18. The highest BCUT2D eigenvalue weighted by Crippen LogP contribution is 2.35. The second-order valence-corrected chi connectivity index (χ2v) is 4.04. The molecule has 1 aromatic carbocycles. The van der Waals surface area contributed by atoms with Gasteiger partial charge < -0.3 is 0 Å². The number of rotatable bonds is 1. The first-order chi connectivity index (χ1) is 6.73. The van der Waals surface area contributed by atoms with Crippen LogP contribution in [0.1, 0.15) is 35.1 Å². The van der Waals surface area contributed by atoms with Crippen LogP contribution in [-0.2, 0) is 0 Å². The van der Waals surface area contributed by atoms with Gasteiger partial charge in [0.05, 0.1) is 5.92 Å². The van der Waals surface area contributed by atoms with Crippen molar-refractivity contribution in [3.63, 3.8) is 0 Å². The minimum Gasteiger partial charge on any atom is -0.170 e. The molecule has 1 aromatic rings. The van der Waals surface area contributed by atoms with Gasteiger partial charge in [-0.1, -0.05) is 12.1 Å². The van der Waals surface area contributed by atoms with E-state index in [1.54, 1.807) is 12.1 Å². The summed E-state index contributed by atoms with van der Waals surface area (Å²) in [4.78, 5) is 0. The van der Waals surface area contributed by atoms with Gasteiger partial charge in [-0.25, -0.2) is 0 Å². The smallest absolute Gasteiger partial charge is 0.170 e. The maximum absolute atomic E-state index is 12.5. The Morgan fingerprint density at radius 3 is 1.73 bits per heavy atom. The number of halogens is 3. The van der Waals surface area contributed by atoms with Crippen molar-refractivity contribution >= 4 is 0 Å². The molecule has 0 bridgehead atoms. The van der Waals surface area contributed by atoms with Gasteiger partial charge in [0, 0.05) is 0 Å². The molecular formula is C12H15F3. The predicted molar refractivity (Wildman–Crippen MR) is 55.1 cm³/mol. The van der Waals surface area contributed by atoms with Crippen LogP contribution in [0, 0.1) is 20.8 Å². The van der Waals surface area contributed by atoms with Gasteiger partial charge in [-0.2, -0.15) is 13.2 Å². The van der Waals surface area contributed by atoms with E-state index < -0.39 is 12.1 Å². The number of alkyl halides is 3. The van der Waals surface area contributed by atoms with Crippen LogP contribution in [0.3, 0.4) is 0 Å². The van der Waals surface area contributed by atoms with Gasteiger partial charge in [-0.05, 0) is 49.9 Å². The Kier molecular flexibility index (Phi) is 3.12. The third-order valence-electron chi connectivity index (χ3n) is 2.94. The van der Waals surface area contributed by atoms with Crippen LogP contribution >= 0.6 is 0 Å². The number of aryl methyl sites for hydroxylation is 2. The predicted octanol–water partition coefficient (Wildman–Crippen LogP) is 4.28. The summed E-state index contributed by atoms with van der Waals surface area (Å²) in [7, 11) is 0. The fourth-order valence-corrected chi connectivity index (χ4v) is 1.51. The Bertz CT molecular complexity index is 341. The summed E-state index contributed by atoms with van der Waals surface area (Å²) < 4.78 is 37.5. The monoisotopic (exact) mass is 216 g/mol. The summed E-state index contributed by atoms with van der Waals surface area (Å²) in [6.45, 7) is 6.81. The van der Waals surface area contributed by atoms with E-state index in [0.29, 0.717) is 5.56 Å². The van der Waals surface area contributed by atoms with Crippen LogP contribution in [0.2, 0.25) is 0 Å². The van der Waals surface area contributed by atoms with Gasteiger partial charge in [-0.15, -0.1) is 0 Å². The van der Waals surface area contributed by atoms with Gasteiger partial charge in [0.2, 0.25) is 0 Å². The van der Waals surface area contributed by atoms with E-state index in [9.17, 15) is 13.2 Å². The number of benzene rings is 1. The van der Waals surface area contributed by atoms with Crippen molar-refractivity contribution in [2.45, 2.75) is 39.8 Å². The summed E-state index contributed by atoms with van der Waals surface area (Å²) in [5.41, 5.74) is 3.25. The molecule has 0 spiro atoms. The average Bonchev–Trinajstić information content (AvgIpc) is 2.10. The van der Waals surface area contributed by atoms with Crippen molar-refractivity contribution in [2.24, 2.45) is 0 Å². The molecular weight excluding hydrogens is 201 g/mol. The normalized spacial score (nSPS) is 14.1. The summed E-state index contributed by atoms with van der Waals surface area (Å²) in [5.74, 6) is -1.39. The zero-order valence-electron chi connectivity index (χ0n) is 9.37. The molecule has 1 unspecified atom stereocenters. The summed E-state index contributed by atoms with van der Waals surface area (Å²) >= 11 is 0. The first-order valence-corrected chi connectivity index (χ1v) is 4.88. The largest absolute Gasteiger partial charge is 0.395 e. The Hall–Kier alpha value is -0.990. The maximum atomic E-state index is 12.5. The number of hydrogen-bond acceptors (Lipinski definition) is 0. The van der Waals surface area contributed by atoms with E-state index in [4.69, 9.17) is 0 Å². The lowest BCUT2D eigenvalue weighted by molar-refractivity contribution is -0.146. The maximum Gasteiger partial charge on any atom is 0.395 e. The van der Waals surface area contributed by atoms with Crippen molar-refractivity contribution in [3.05, 3.63) is 34.4 Å². The van der Waals surface area contributed by atoms with Crippen LogP contribution in [0.5, 0.6) is 0 Å². The Morgan fingerprint density at radius 2 is 1.40 bits per heavy atom. The standard InChI is InChI=1S/C12H15F3/c1-7-5-11(6-8(2)9(7)3)10(4)12(13,14)15/h5-6,10H,1-4H3. The molecule has 15 heavy (non-hydrogen) atoms. The Morgan fingerprint density at radius 1 is 1.00 bits per heavy atom. The molecule has 1 atom stereocenters. The molecule has 0 aliphatic carbocycles. The number of hydrogen-bond donors (Lipinski definition) is 0. The van der Waals surface area contributed by atoms with Gasteiger partial charge in [0.1, 0.15) is 0 Å². The highest BCUT2D eigenvalue weighted by atomic mass is 19.4. The third-order valence-corrected chi connectivity index (χ3v) is 2.94. The summed E-state index contributed by atoms with van der Waals surface area (Å²) in [6, 6.07) is 3.25. The van der Waals surface area contributed by atoms with Crippen LogP contribution in [0.25, 0.3) is 0 Å². The molecule has 0 aromatic heterocycles. The zero-order chi connectivity index (χ0) is 11.8. The molecule has 0 N–H and O–H groups in total. The van der Waals surface area contributed by atoms with Crippen molar-refractivity contribution in [1.29, 1.82) is 0 Å². The molecule has 0 nitrogen and oxygen atoms in total. The van der Waals surface area contributed by atoms with Crippen molar-refractivity contribution in [1.82, 2.24) is 0 Å². The quantitative estimate of drug-likeness (QED) is 0.657. The fourth-order valence-electron chi connectivity index (χ4n) is 1.51.